The van der Waals surface area contributed by atoms with Crippen molar-refractivity contribution < 1.29 is 0 Å². The number of fused-ring (bicyclic) bond motifs is 5. The molecule has 0 saturated carbocycles. The molecule has 1 aliphatic heterocycles. The topological polar surface area (TPSA) is 24.1 Å². The van der Waals surface area contributed by atoms with Crippen LogP contribution in [-0.2, 0) is 5.41 Å². The molecule has 226 valence electrons. The number of rotatable bonds is 4. The van der Waals surface area contributed by atoms with Gasteiger partial charge in [-0.2, -0.15) is 0 Å². The van der Waals surface area contributed by atoms with Crippen LogP contribution in [0.2, 0.25) is 0 Å². The highest BCUT2D eigenvalue weighted by Gasteiger charge is 2.38. The maximum Gasteiger partial charge on any atom is 0.104 e. The molecule has 7 aromatic rings. The third-order valence-electron chi connectivity index (χ3n) is 10.3. The minimum atomic E-state index is -0.0973. The number of nitrogens with one attached hydrogen (secondary N) is 2. The molecule has 0 bridgehead atoms. The van der Waals surface area contributed by atoms with Gasteiger partial charge in [0.15, 0.2) is 0 Å². The zero-order chi connectivity index (χ0) is 31.5. The predicted molar refractivity (Wildman–Crippen MR) is 197 cm³/mol. The van der Waals surface area contributed by atoms with E-state index in [4.69, 9.17) is 0 Å². The lowest BCUT2D eigenvalue weighted by Crippen LogP contribution is -2.39. The van der Waals surface area contributed by atoms with Gasteiger partial charge in [0.1, 0.15) is 6.17 Å². The molecule has 2 aliphatic rings. The van der Waals surface area contributed by atoms with E-state index in [0.29, 0.717) is 0 Å². The molecule has 2 unspecified atom stereocenters. The first-order chi connectivity index (χ1) is 23.1. The molecule has 0 fully saturated rings. The van der Waals surface area contributed by atoms with Crippen molar-refractivity contribution in [2.75, 3.05) is 0 Å². The average molecular weight is 605 g/mol. The van der Waals surface area contributed by atoms with Gasteiger partial charge >= 0.3 is 0 Å². The fourth-order valence-corrected chi connectivity index (χ4v) is 7.97. The van der Waals surface area contributed by atoms with Crippen molar-refractivity contribution in [3.8, 4) is 22.3 Å². The van der Waals surface area contributed by atoms with Gasteiger partial charge in [-0.15, -0.1) is 0 Å². The van der Waals surface area contributed by atoms with Crippen molar-refractivity contribution >= 4 is 27.2 Å². The Morgan fingerprint density at radius 3 is 2.00 bits per heavy atom. The molecular formula is C45H36N2. The van der Waals surface area contributed by atoms with Crippen molar-refractivity contribution in [3.05, 3.63) is 186 Å². The maximum atomic E-state index is 3.98. The second-order valence-corrected chi connectivity index (χ2v) is 13.4. The van der Waals surface area contributed by atoms with E-state index in [1.54, 1.807) is 0 Å². The number of benzene rings is 7. The standard InChI is InChI=1S/C45H36N2/c1-45(2)39-23-13-22-37(43(39)38-26-31-18-9-10-19-32(31)27-40(38)45)42-28-41(46-44(47-42)30-16-7-4-8-17-30)36-25-24-33(29-14-5-3-6-15-29)34-20-11-12-21-35(34)36/h3-28,41,44,46-47H,1-2H3. The lowest BCUT2D eigenvalue weighted by molar-refractivity contribution is 0.444. The second kappa shape index (κ2) is 10.8. The van der Waals surface area contributed by atoms with Gasteiger partial charge in [-0.25, -0.2) is 0 Å². The molecule has 0 aromatic heterocycles. The van der Waals surface area contributed by atoms with Crippen LogP contribution in [0.1, 0.15) is 53.9 Å². The molecule has 2 nitrogen and oxygen atoms in total. The lowest BCUT2D eigenvalue weighted by Gasteiger charge is -2.34. The lowest BCUT2D eigenvalue weighted by atomic mass is 9.81. The van der Waals surface area contributed by atoms with Crippen LogP contribution in [0.15, 0.2) is 158 Å². The fraction of sp³-hybridized carbons (Fsp3) is 0.111. The molecule has 0 saturated heterocycles. The summed E-state index contributed by atoms with van der Waals surface area (Å²) in [4.78, 5) is 0. The third-order valence-corrected chi connectivity index (χ3v) is 10.3. The Morgan fingerprint density at radius 1 is 0.532 bits per heavy atom. The number of hydrogen-bond donors (Lipinski definition) is 2. The summed E-state index contributed by atoms with van der Waals surface area (Å²) in [6, 6.07) is 55.4. The van der Waals surface area contributed by atoms with Gasteiger partial charge < -0.3 is 5.32 Å². The molecule has 2 atom stereocenters. The average Bonchev–Trinajstić information content (AvgIpc) is 3.36. The Hall–Kier alpha value is -5.44. The highest BCUT2D eigenvalue weighted by Crippen LogP contribution is 2.52. The van der Waals surface area contributed by atoms with E-state index < -0.39 is 0 Å². The quantitative estimate of drug-likeness (QED) is 0.209. The molecule has 9 rings (SSSR count). The minimum absolute atomic E-state index is 0.00692. The first kappa shape index (κ1) is 27.8. The SMILES string of the molecule is CC1(C)c2cc3ccccc3cc2-c2c(C3=CC(c4ccc(-c5ccccc5)c5ccccc45)NC(c4ccccc4)N3)cccc21. The summed E-state index contributed by atoms with van der Waals surface area (Å²) in [7, 11) is 0. The van der Waals surface area contributed by atoms with E-state index in [-0.39, 0.29) is 17.6 Å². The van der Waals surface area contributed by atoms with Gasteiger partial charge in [-0.3, -0.25) is 5.32 Å². The molecule has 1 heterocycles. The molecule has 7 aromatic carbocycles. The van der Waals surface area contributed by atoms with E-state index in [2.05, 4.69) is 182 Å². The minimum Gasteiger partial charge on any atom is -0.366 e. The second-order valence-electron chi connectivity index (χ2n) is 13.4. The summed E-state index contributed by atoms with van der Waals surface area (Å²) in [5.41, 5.74) is 12.8. The Labute approximate surface area is 276 Å². The van der Waals surface area contributed by atoms with Crippen LogP contribution in [0.5, 0.6) is 0 Å². The molecule has 0 radical (unpaired) electrons. The summed E-state index contributed by atoms with van der Waals surface area (Å²) in [5, 5.41) is 13.0. The van der Waals surface area contributed by atoms with Crippen molar-refractivity contribution in [2.45, 2.75) is 31.5 Å². The Morgan fingerprint density at radius 2 is 1.21 bits per heavy atom. The molecule has 0 spiro atoms. The largest absolute Gasteiger partial charge is 0.366 e. The fourth-order valence-electron chi connectivity index (χ4n) is 7.97. The highest BCUT2D eigenvalue weighted by atomic mass is 15.2. The smallest absolute Gasteiger partial charge is 0.104 e. The first-order valence-corrected chi connectivity index (χ1v) is 16.6. The number of hydrogen-bond acceptors (Lipinski definition) is 2. The summed E-state index contributed by atoms with van der Waals surface area (Å²) in [5.74, 6) is 0. The van der Waals surface area contributed by atoms with Crippen LogP contribution in [0.3, 0.4) is 0 Å². The maximum absolute atomic E-state index is 3.98. The van der Waals surface area contributed by atoms with Crippen molar-refractivity contribution in [1.82, 2.24) is 10.6 Å². The van der Waals surface area contributed by atoms with Crippen LogP contribution in [-0.4, -0.2) is 0 Å². The predicted octanol–water partition coefficient (Wildman–Crippen LogP) is 10.9. The third kappa shape index (κ3) is 4.52. The Bertz CT molecular complexity index is 2330. The summed E-state index contributed by atoms with van der Waals surface area (Å²) >= 11 is 0. The zero-order valence-corrected chi connectivity index (χ0v) is 26.7. The van der Waals surface area contributed by atoms with Gasteiger partial charge in [0, 0.05) is 16.7 Å². The molecule has 2 heteroatoms. The van der Waals surface area contributed by atoms with E-state index in [1.807, 2.05) is 0 Å². The molecular weight excluding hydrogens is 569 g/mol. The van der Waals surface area contributed by atoms with Gasteiger partial charge in [0.05, 0.1) is 6.04 Å². The van der Waals surface area contributed by atoms with E-state index >= 15 is 0 Å². The molecule has 0 amide bonds. The van der Waals surface area contributed by atoms with Crippen molar-refractivity contribution in [3.63, 3.8) is 0 Å². The molecule has 47 heavy (non-hydrogen) atoms. The van der Waals surface area contributed by atoms with Crippen LogP contribution >= 0.6 is 0 Å². The van der Waals surface area contributed by atoms with Gasteiger partial charge in [0.25, 0.3) is 0 Å². The summed E-state index contributed by atoms with van der Waals surface area (Å²) in [6.45, 7) is 4.74. The van der Waals surface area contributed by atoms with Gasteiger partial charge in [-0.1, -0.05) is 153 Å². The molecule has 1 aliphatic carbocycles. The van der Waals surface area contributed by atoms with Crippen LogP contribution in [0.25, 0.3) is 49.5 Å². The monoisotopic (exact) mass is 604 g/mol. The van der Waals surface area contributed by atoms with Crippen LogP contribution < -0.4 is 10.6 Å². The van der Waals surface area contributed by atoms with Gasteiger partial charge in [-0.05, 0) is 84.3 Å². The van der Waals surface area contributed by atoms with Crippen LogP contribution in [0, 0.1) is 0 Å². The summed E-state index contributed by atoms with van der Waals surface area (Å²) in [6.07, 6.45) is 2.35. The van der Waals surface area contributed by atoms with E-state index in [9.17, 15) is 0 Å². The zero-order valence-electron chi connectivity index (χ0n) is 26.7. The Balaban J connectivity index is 1.24. The van der Waals surface area contributed by atoms with E-state index in [1.165, 1.54) is 71.6 Å². The van der Waals surface area contributed by atoms with Gasteiger partial charge in [0.2, 0.25) is 0 Å². The summed E-state index contributed by atoms with van der Waals surface area (Å²) < 4.78 is 0. The van der Waals surface area contributed by atoms with Crippen molar-refractivity contribution in [1.29, 1.82) is 0 Å². The van der Waals surface area contributed by atoms with Crippen molar-refractivity contribution in [2.24, 2.45) is 0 Å². The first-order valence-electron chi connectivity index (χ1n) is 16.6. The van der Waals surface area contributed by atoms with E-state index in [0.717, 1.165) is 5.70 Å². The Kier molecular flexibility index (Phi) is 6.41. The highest BCUT2D eigenvalue weighted by molar-refractivity contribution is 6.00. The molecule has 2 N–H and O–H groups in total. The van der Waals surface area contributed by atoms with Crippen LogP contribution in [0.4, 0.5) is 0 Å². The normalized spacial score (nSPS) is 18.0.